The van der Waals surface area contributed by atoms with Crippen LogP contribution >= 0.6 is 12.4 Å². The lowest BCUT2D eigenvalue weighted by molar-refractivity contribution is -0.196. The van der Waals surface area contributed by atoms with Crippen LogP contribution in [0.5, 0.6) is 0 Å². The fourth-order valence-electron chi connectivity index (χ4n) is 5.30. The zero-order valence-corrected chi connectivity index (χ0v) is 21.5. The van der Waals surface area contributed by atoms with Crippen molar-refractivity contribution in [3.8, 4) is 0 Å². The van der Waals surface area contributed by atoms with Gasteiger partial charge >= 0.3 is 5.69 Å². The Morgan fingerprint density at radius 3 is 2.47 bits per heavy atom. The first-order valence-electron chi connectivity index (χ1n) is 11.7. The van der Waals surface area contributed by atoms with E-state index in [0.29, 0.717) is 32.4 Å². The van der Waals surface area contributed by atoms with Crippen molar-refractivity contribution in [2.45, 2.75) is 62.3 Å². The van der Waals surface area contributed by atoms with Gasteiger partial charge in [-0.1, -0.05) is 0 Å². The highest BCUT2D eigenvalue weighted by Gasteiger charge is 2.50. The number of halogens is 1. The highest BCUT2D eigenvalue weighted by atomic mass is 35.5. The number of carbonyl (C=O) groups is 2. The highest BCUT2D eigenvalue weighted by molar-refractivity contribution is 5.85. The Balaban J connectivity index is 0.00000361. The second kappa shape index (κ2) is 9.96. The monoisotopic (exact) mass is 527 g/mol. The molecule has 2 saturated heterocycles. The first-order chi connectivity index (χ1) is 16.4. The number of ether oxygens (including phenoxy) is 1. The van der Waals surface area contributed by atoms with Crippen LogP contribution in [0.1, 0.15) is 45.1 Å². The molecule has 200 valence electrons. The number of aromatic nitrogens is 4. The number of amides is 2. The van der Waals surface area contributed by atoms with Crippen molar-refractivity contribution in [2.24, 2.45) is 25.6 Å². The van der Waals surface area contributed by atoms with Crippen molar-refractivity contribution in [1.29, 1.82) is 0 Å². The molecule has 4 heterocycles. The summed E-state index contributed by atoms with van der Waals surface area (Å²) in [4.78, 5) is 54.7. The van der Waals surface area contributed by atoms with E-state index in [4.69, 9.17) is 16.2 Å². The Morgan fingerprint density at radius 2 is 1.89 bits per heavy atom. The second-order valence-corrected chi connectivity index (χ2v) is 10.0. The van der Waals surface area contributed by atoms with Gasteiger partial charge in [-0.2, -0.15) is 0 Å². The molecule has 0 aliphatic carbocycles. The smallest absolute Gasteiger partial charge is 0.332 e. The molecule has 2 aliphatic rings. The summed E-state index contributed by atoms with van der Waals surface area (Å²) >= 11 is 0. The number of hydrogen-bond acceptors (Lipinski definition) is 8. The van der Waals surface area contributed by atoms with Gasteiger partial charge in [-0.3, -0.25) is 23.5 Å². The lowest BCUT2D eigenvalue weighted by atomic mass is 9.75. The average Bonchev–Trinajstić information content (AvgIpc) is 3.24. The third-order valence-corrected chi connectivity index (χ3v) is 7.52. The molecule has 2 aliphatic heterocycles. The zero-order chi connectivity index (χ0) is 25.7. The maximum atomic E-state index is 12.9. The minimum atomic E-state index is -1.23. The molecule has 0 unspecified atom stereocenters. The number of aliphatic hydroxyl groups is 1. The molecule has 4 rings (SSSR count). The normalized spacial score (nSPS) is 24.5. The topological polar surface area (TPSA) is 181 Å². The standard InChI is InChI=1S/C22H33N7O6.ClH/c1-21(34)11-22(6-8-28(9-7-22)15(30)5-4-13(23)17(24)31)35-10-14(21)29-12-25-18-16(29)19(32)27(3)20(33)26(18)2;/h12-14,34H,4-11,23H2,1-3H3,(H2,24,31);1H/t13-,14+,21+;/m0./s1. The number of fused-ring (bicyclic) bond motifs is 1. The van der Waals surface area contributed by atoms with E-state index in [0.717, 1.165) is 4.57 Å². The molecule has 0 radical (unpaired) electrons. The molecule has 13 nitrogen and oxygen atoms in total. The summed E-state index contributed by atoms with van der Waals surface area (Å²) < 4.78 is 10.2. The Labute approximate surface area is 213 Å². The number of rotatable bonds is 5. The van der Waals surface area contributed by atoms with Gasteiger partial charge in [0.25, 0.3) is 5.56 Å². The number of nitrogens with zero attached hydrogens (tertiary/aromatic N) is 5. The molecular weight excluding hydrogens is 494 g/mol. The second-order valence-electron chi connectivity index (χ2n) is 10.0. The van der Waals surface area contributed by atoms with E-state index in [1.54, 1.807) is 23.4 Å². The van der Waals surface area contributed by atoms with Crippen LogP contribution in [0.25, 0.3) is 11.2 Å². The maximum absolute atomic E-state index is 12.9. The van der Waals surface area contributed by atoms with Crippen molar-refractivity contribution in [3.05, 3.63) is 27.2 Å². The lowest BCUT2D eigenvalue weighted by Crippen LogP contribution is -2.58. The number of piperidine rings is 1. The summed E-state index contributed by atoms with van der Waals surface area (Å²) in [6.45, 7) is 2.78. The molecule has 1 spiro atoms. The van der Waals surface area contributed by atoms with E-state index >= 15 is 0 Å². The van der Waals surface area contributed by atoms with E-state index in [-0.39, 0.29) is 48.9 Å². The molecule has 2 amide bonds. The number of aryl methyl sites for hydroxylation is 1. The third-order valence-electron chi connectivity index (χ3n) is 7.52. The SMILES string of the molecule is Cl.Cn1c(=O)c2c(ncn2[C@@H]2COC3(CCN(C(=O)CC[C@H](N)C(N)=O)CC3)C[C@@]2(C)O)n(C)c1=O. The molecule has 0 saturated carbocycles. The van der Waals surface area contributed by atoms with Crippen LogP contribution in [-0.2, 0) is 28.4 Å². The summed E-state index contributed by atoms with van der Waals surface area (Å²) in [5.74, 6) is -0.725. The largest absolute Gasteiger partial charge is 0.388 e. The minimum Gasteiger partial charge on any atom is -0.388 e. The molecule has 0 aromatic carbocycles. The number of nitrogens with two attached hydrogens (primary N) is 2. The summed E-state index contributed by atoms with van der Waals surface area (Å²) in [5.41, 5.74) is 8.46. The van der Waals surface area contributed by atoms with Gasteiger partial charge in [0, 0.05) is 40.0 Å². The van der Waals surface area contributed by atoms with Crippen molar-refractivity contribution in [1.82, 2.24) is 23.6 Å². The number of primary amides is 1. The third kappa shape index (κ3) is 4.80. The summed E-state index contributed by atoms with van der Waals surface area (Å²) in [5, 5.41) is 11.5. The fourth-order valence-corrected chi connectivity index (χ4v) is 5.30. The molecule has 2 aromatic heterocycles. The number of hydrogen-bond donors (Lipinski definition) is 3. The van der Waals surface area contributed by atoms with Crippen LogP contribution < -0.4 is 22.7 Å². The first kappa shape index (κ1) is 27.8. The van der Waals surface area contributed by atoms with Crippen molar-refractivity contribution in [2.75, 3.05) is 19.7 Å². The van der Waals surface area contributed by atoms with Gasteiger partial charge in [-0.05, 0) is 26.2 Å². The zero-order valence-electron chi connectivity index (χ0n) is 20.7. The van der Waals surface area contributed by atoms with E-state index < -0.39 is 40.4 Å². The van der Waals surface area contributed by atoms with Crippen molar-refractivity contribution >= 4 is 35.4 Å². The van der Waals surface area contributed by atoms with Crippen LogP contribution in [0.3, 0.4) is 0 Å². The van der Waals surface area contributed by atoms with Gasteiger partial charge in [0.15, 0.2) is 11.2 Å². The molecule has 36 heavy (non-hydrogen) atoms. The van der Waals surface area contributed by atoms with Gasteiger partial charge < -0.3 is 30.8 Å². The minimum absolute atomic E-state index is 0. The summed E-state index contributed by atoms with van der Waals surface area (Å²) in [6.07, 6.45) is 3.21. The molecule has 2 fully saturated rings. The van der Waals surface area contributed by atoms with Gasteiger partial charge in [-0.15, -0.1) is 12.4 Å². The van der Waals surface area contributed by atoms with E-state index in [1.807, 2.05) is 0 Å². The highest BCUT2D eigenvalue weighted by Crippen LogP contribution is 2.44. The Hall–Kier alpha value is -2.74. The maximum Gasteiger partial charge on any atom is 0.332 e. The van der Waals surface area contributed by atoms with Crippen LogP contribution in [0.2, 0.25) is 0 Å². The predicted octanol–water partition coefficient (Wildman–Crippen LogP) is -1.48. The Bertz CT molecular complexity index is 1270. The first-order valence-corrected chi connectivity index (χ1v) is 11.7. The molecule has 14 heteroatoms. The van der Waals surface area contributed by atoms with Crippen LogP contribution in [0, 0.1) is 0 Å². The predicted molar refractivity (Wildman–Crippen MR) is 133 cm³/mol. The molecule has 5 N–H and O–H groups in total. The van der Waals surface area contributed by atoms with Crippen molar-refractivity contribution in [3.63, 3.8) is 0 Å². The molecule has 2 aromatic rings. The lowest BCUT2D eigenvalue weighted by Gasteiger charge is -2.51. The van der Waals surface area contributed by atoms with Crippen LogP contribution in [-0.4, -0.2) is 77.4 Å². The summed E-state index contributed by atoms with van der Waals surface area (Å²) in [7, 11) is 2.95. The quantitative estimate of drug-likeness (QED) is 0.421. The van der Waals surface area contributed by atoms with E-state index in [2.05, 4.69) is 4.98 Å². The Morgan fingerprint density at radius 1 is 1.25 bits per heavy atom. The molecular formula is C22H34ClN7O6. The fraction of sp³-hybridized carbons (Fsp3) is 0.682. The van der Waals surface area contributed by atoms with Gasteiger partial charge in [-0.25, -0.2) is 9.78 Å². The average molecular weight is 528 g/mol. The van der Waals surface area contributed by atoms with Crippen LogP contribution in [0.4, 0.5) is 0 Å². The number of carbonyl (C=O) groups excluding carboxylic acids is 2. The van der Waals surface area contributed by atoms with E-state index in [9.17, 15) is 24.3 Å². The number of likely N-dealkylation sites (tertiary alicyclic amines) is 1. The van der Waals surface area contributed by atoms with Crippen molar-refractivity contribution < 1.29 is 19.4 Å². The van der Waals surface area contributed by atoms with Gasteiger partial charge in [0.2, 0.25) is 11.8 Å². The molecule has 0 bridgehead atoms. The Kier molecular flexibility index (Phi) is 7.70. The summed E-state index contributed by atoms with van der Waals surface area (Å²) in [6, 6.07) is -1.43. The van der Waals surface area contributed by atoms with E-state index in [1.165, 1.54) is 17.9 Å². The number of imidazole rings is 1. The van der Waals surface area contributed by atoms with Gasteiger partial charge in [0.1, 0.15) is 0 Å². The van der Waals surface area contributed by atoms with Crippen LogP contribution in [0.15, 0.2) is 15.9 Å². The van der Waals surface area contributed by atoms with Gasteiger partial charge in [0.05, 0.1) is 36.2 Å². The molecule has 3 atom stereocenters.